The Labute approximate surface area is 153 Å². The molecule has 3 heterocycles. The Hall–Kier alpha value is -3.67. The lowest BCUT2D eigenvalue weighted by atomic mass is 9.85. The van der Waals surface area contributed by atoms with E-state index in [2.05, 4.69) is 11.9 Å². The summed E-state index contributed by atoms with van der Waals surface area (Å²) in [7, 11) is 0. The van der Waals surface area contributed by atoms with Crippen LogP contribution in [0.15, 0.2) is 70.4 Å². The standard InChI is InChI=1S/C21H14N2O4/c1-2-11-23-14-9-5-4-8-13(14)21(20(23)26)16-17(24)12-7-3-6-10-15(12)27-18(16)19(25)22-21/h2-10H,1,11H2,(H,22,25)/t21-/m1/s1. The fraction of sp³-hybridized carbons (Fsp3) is 0.0952. The predicted octanol–water partition coefficient (Wildman–Crippen LogP) is 2.31. The van der Waals surface area contributed by atoms with E-state index in [1.165, 1.54) is 4.90 Å². The molecule has 1 aromatic heterocycles. The zero-order chi connectivity index (χ0) is 18.8. The van der Waals surface area contributed by atoms with Crippen LogP contribution < -0.4 is 15.6 Å². The van der Waals surface area contributed by atoms with Gasteiger partial charge in [0.15, 0.2) is 11.0 Å². The van der Waals surface area contributed by atoms with Gasteiger partial charge >= 0.3 is 0 Å². The molecular formula is C21H14N2O4. The van der Waals surface area contributed by atoms with Gasteiger partial charge in [-0.15, -0.1) is 6.58 Å². The Morgan fingerprint density at radius 2 is 1.81 bits per heavy atom. The first-order valence-corrected chi connectivity index (χ1v) is 8.51. The highest BCUT2D eigenvalue weighted by Gasteiger charge is 2.60. The van der Waals surface area contributed by atoms with E-state index in [0.717, 1.165) is 0 Å². The van der Waals surface area contributed by atoms with Crippen molar-refractivity contribution in [2.75, 3.05) is 11.4 Å². The lowest BCUT2D eigenvalue weighted by Crippen LogP contribution is -2.51. The molecule has 2 aliphatic rings. The third-order valence-electron chi connectivity index (χ3n) is 5.16. The Bertz CT molecular complexity index is 1230. The highest BCUT2D eigenvalue weighted by Crippen LogP contribution is 2.47. The molecule has 0 unspecified atom stereocenters. The maximum absolute atomic E-state index is 13.5. The Kier molecular flexibility index (Phi) is 2.98. The number of fused-ring (bicyclic) bond motifs is 5. The maximum atomic E-state index is 13.5. The van der Waals surface area contributed by atoms with Crippen molar-refractivity contribution in [3.63, 3.8) is 0 Å². The lowest BCUT2D eigenvalue weighted by molar-refractivity contribution is -0.122. The molecule has 132 valence electrons. The first-order chi connectivity index (χ1) is 13.1. The number of para-hydroxylation sites is 2. The average Bonchev–Trinajstić information content (AvgIpc) is 3.11. The molecule has 6 nitrogen and oxygen atoms in total. The molecule has 2 aliphatic heterocycles. The Morgan fingerprint density at radius 3 is 2.63 bits per heavy atom. The van der Waals surface area contributed by atoms with E-state index in [0.29, 0.717) is 22.2 Å². The van der Waals surface area contributed by atoms with E-state index in [1.807, 2.05) is 6.07 Å². The molecule has 5 rings (SSSR count). The molecule has 1 atom stereocenters. The van der Waals surface area contributed by atoms with Crippen LogP contribution in [0.4, 0.5) is 5.69 Å². The summed E-state index contributed by atoms with van der Waals surface area (Å²) in [6.45, 7) is 3.97. The number of carbonyl (C=O) groups excluding carboxylic acids is 2. The number of carbonyl (C=O) groups is 2. The van der Waals surface area contributed by atoms with Gasteiger partial charge in [-0.2, -0.15) is 0 Å². The molecule has 1 N–H and O–H groups in total. The monoisotopic (exact) mass is 358 g/mol. The van der Waals surface area contributed by atoms with Crippen molar-refractivity contribution < 1.29 is 14.0 Å². The first kappa shape index (κ1) is 15.6. The number of hydrogen-bond acceptors (Lipinski definition) is 4. The fourth-order valence-electron chi connectivity index (χ4n) is 4.06. The molecular weight excluding hydrogens is 344 g/mol. The van der Waals surface area contributed by atoms with Crippen LogP contribution >= 0.6 is 0 Å². The van der Waals surface area contributed by atoms with Crippen LogP contribution in [-0.2, 0) is 10.3 Å². The van der Waals surface area contributed by atoms with Gasteiger partial charge in [0.05, 0.1) is 16.6 Å². The maximum Gasteiger partial charge on any atom is 0.288 e. The third-order valence-corrected chi connectivity index (χ3v) is 5.16. The summed E-state index contributed by atoms with van der Waals surface area (Å²) in [5, 5.41) is 3.08. The average molecular weight is 358 g/mol. The summed E-state index contributed by atoms with van der Waals surface area (Å²) >= 11 is 0. The van der Waals surface area contributed by atoms with Gasteiger partial charge in [-0.05, 0) is 18.2 Å². The number of benzene rings is 2. The second-order valence-electron chi connectivity index (χ2n) is 6.56. The number of rotatable bonds is 2. The van der Waals surface area contributed by atoms with Gasteiger partial charge in [0, 0.05) is 12.1 Å². The van der Waals surface area contributed by atoms with Gasteiger partial charge in [-0.25, -0.2) is 0 Å². The lowest BCUT2D eigenvalue weighted by Gasteiger charge is -2.23. The number of nitrogens with one attached hydrogen (secondary N) is 1. The number of hydrogen-bond donors (Lipinski definition) is 1. The van der Waals surface area contributed by atoms with Gasteiger partial charge in [-0.3, -0.25) is 14.4 Å². The molecule has 0 fully saturated rings. The summed E-state index contributed by atoms with van der Waals surface area (Å²) in [5.41, 5.74) is -0.384. The summed E-state index contributed by atoms with van der Waals surface area (Å²) < 4.78 is 5.74. The van der Waals surface area contributed by atoms with E-state index in [9.17, 15) is 14.4 Å². The van der Waals surface area contributed by atoms with E-state index in [1.54, 1.807) is 48.5 Å². The van der Waals surface area contributed by atoms with Crippen molar-refractivity contribution in [2.45, 2.75) is 5.54 Å². The molecule has 6 heteroatoms. The molecule has 27 heavy (non-hydrogen) atoms. The molecule has 2 amide bonds. The molecule has 0 saturated carbocycles. The predicted molar refractivity (Wildman–Crippen MR) is 99.7 cm³/mol. The van der Waals surface area contributed by atoms with Crippen LogP contribution in [-0.4, -0.2) is 18.4 Å². The van der Waals surface area contributed by atoms with Crippen molar-refractivity contribution in [3.05, 3.63) is 88.3 Å². The minimum Gasteiger partial charge on any atom is -0.450 e. The highest BCUT2D eigenvalue weighted by molar-refractivity contribution is 6.17. The van der Waals surface area contributed by atoms with Gasteiger partial charge in [0.1, 0.15) is 5.58 Å². The molecule has 0 bridgehead atoms. The topological polar surface area (TPSA) is 79.6 Å². The Morgan fingerprint density at radius 1 is 1.07 bits per heavy atom. The van der Waals surface area contributed by atoms with Crippen molar-refractivity contribution in [2.24, 2.45) is 0 Å². The zero-order valence-electron chi connectivity index (χ0n) is 14.2. The second kappa shape index (κ2) is 5.17. The second-order valence-corrected chi connectivity index (χ2v) is 6.56. The molecule has 1 spiro atoms. The fourth-order valence-corrected chi connectivity index (χ4v) is 4.06. The van der Waals surface area contributed by atoms with Crippen molar-refractivity contribution >= 4 is 28.5 Å². The molecule has 2 aromatic carbocycles. The normalized spacial score (nSPS) is 20.1. The summed E-state index contributed by atoms with van der Waals surface area (Å²) in [6, 6.07) is 13.8. The van der Waals surface area contributed by atoms with E-state index < -0.39 is 17.4 Å². The van der Waals surface area contributed by atoms with E-state index in [4.69, 9.17) is 4.42 Å². The number of anilines is 1. The first-order valence-electron chi connectivity index (χ1n) is 8.51. The zero-order valence-corrected chi connectivity index (χ0v) is 14.2. The van der Waals surface area contributed by atoms with Crippen molar-refractivity contribution in [3.8, 4) is 0 Å². The van der Waals surface area contributed by atoms with Gasteiger partial charge < -0.3 is 14.6 Å². The van der Waals surface area contributed by atoms with Crippen LogP contribution in [0, 0.1) is 0 Å². The largest absolute Gasteiger partial charge is 0.450 e. The number of nitrogens with zero attached hydrogens (tertiary/aromatic N) is 1. The SMILES string of the molecule is C=CCN1C(=O)[C@@]2(NC(=O)c3oc4ccccc4c(=O)c32)c2ccccc21. The van der Waals surface area contributed by atoms with Crippen LogP contribution in [0.5, 0.6) is 0 Å². The van der Waals surface area contributed by atoms with Crippen LogP contribution in [0.2, 0.25) is 0 Å². The van der Waals surface area contributed by atoms with Crippen LogP contribution in [0.1, 0.15) is 21.7 Å². The van der Waals surface area contributed by atoms with Gasteiger partial charge in [-0.1, -0.05) is 36.4 Å². The minimum atomic E-state index is -1.57. The quantitative estimate of drug-likeness (QED) is 0.713. The smallest absolute Gasteiger partial charge is 0.288 e. The van der Waals surface area contributed by atoms with Crippen LogP contribution in [0.25, 0.3) is 11.0 Å². The summed E-state index contributed by atoms with van der Waals surface area (Å²) in [6.07, 6.45) is 1.61. The van der Waals surface area contributed by atoms with Crippen molar-refractivity contribution in [1.82, 2.24) is 5.32 Å². The molecule has 0 radical (unpaired) electrons. The highest BCUT2D eigenvalue weighted by atomic mass is 16.3. The number of amides is 2. The molecule has 0 aliphatic carbocycles. The third kappa shape index (κ3) is 1.76. The summed E-state index contributed by atoms with van der Waals surface area (Å²) in [4.78, 5) is 41.0. The van der Waals surface area contributed by atoms with Crippen LogP contribution in [0.3, 0.4) is 0 Å². The molecule has 0 saturated heterocycles. The molecule has 3 aromatic rings. The minimum absolute atomic E-state index is 0.0511. The Balaban J connectivity index is 1.90. The van der Waals surface area contributed by atoms with Gasteiger partial charge in [0.2, 0.25) is 5.76 Å². The van der Waals surface area contributed by atoms with E-state index in [-0.39, 0.29) is 23.3 Å². The van der Waals surface area contributed by atoms with Crippen molar-refractivity contribution in [1.29, 1.82) is 0 Å². The van der Waals surface area contributed by atoms with Gasteiger partial charge in [0.25, 0.3) is 11.8 Å². The van der Waals surface area contributed by atoms with E-state index >= 15 is 0 Å². The summed E-state index contributed by atoms with van der Waals surface area (Å²) in [5.74, 6) is -1.07.